The lowest BCUT2D eigenvalue weighted by Gasteiger charge is -2.18. The summed E-state index contributed by atoms with van der Waals surface area (Å²) >= 11 is 5.98. The molecule has 0 fully saturated rings. The number of nitrogens with two attached hydrogens (primary N) is 1. The molecule has 0 saturated heterocycles. The number of ether oxygens (including phenoxy) is 1. The molecule has 2 nitrogen and oxygen atoms in total. The van der Waals surface area contributed by atoms with Crippen molar-refractivity contribution in [2.45, 2.75) is 12.3 Å². The van der Waals surface area contributed by atoms with Gasteiger partial charge in [-0.2, -0.15) is 0 Å². The van der Waals surface area contributed by atoms with E-state index < -0.39 is 11.6 Å². The van der Waals surface area contributed by atoms with Crippen molar-refractivity contribution in [3.05, 3.63) is 64.2 Å². The first-order chi connectivity index (χ1) is 10.0. The molecule has 0 aromatic heterocycles. The van der Waals surface area contributed by atoms with Crippen molar-refractivity contribution in [3.63, 3.8) is 0 Å². The highest BCUT2D eigenvalue weighted by atomic mass is 35.5. The standard InChI is InChI=1S/C16H16ClF2NO/c1-21-16-5-2-12(17)7-10(16)6-11(9-20)14-8-13(18)3-4-15(14)19/h2-5,7-8,11H,6,9,20H2,1H3. The van der Waals surface area contributed by atoms with E-state index in [0.29, 0.717) is 17.2 Å². The van der Waals surface area contributed by atoms with Crippen LogP contribution >= 0.6 is 11.6 Å². The van der Waals surface area contributed by atoms with Crippen LogP contribution in [0.4, 0.5) is 8.78 Å². The third kappa shape index (κ3) is 3.71. The van der Waals surface area contributed by atoms with Gasteiger partial charge in [0.1, 0.15) is 17.4 Å². The second-order valence-corrected chi connectivity index (χ2v) is 5.20. The van der Waals surface area contributed by atoms with Crippen molar-refractivity contribution >= 4 is 11.6 Å². The van der Waals surface area contributed by atoms with Gasteiger partial charge in [0, 0.05) is 10.9 Å². The maximum absolute atomic E-state index is 13.9. The van der Waals surface area contributed by atoms with Crippen LogP contribution in [0.2, 0.25) is 5.02 Å². The first-order valence-electron chi connectivity index (χ1n) is 6.52. The fourth-order valence-corrected chi connectivity index (χ4v) is 2.51. The molecule has 21 heavy (non-hydrogen) atoms. The Morgan fingerprint density at radius 1 is 1.19 bits per heavy atom. The molecule has 2 rings (SSSR count). The fourth-order valence-electron chi connectivity index (χ4n) is 2.32. The van der Waals surface area contributed by atoms with Gasteiger partial charge in [-0.25, -0.2) is 8.78 Å². The van der Waals surface area contributed by atoms with Gasteiger partial charge in [0.2, 0.25) is 0 Å². The normalized spacial score (nSPS) is 12.2. The minimum atomic E-state index is -0.483. The van der Waals surface area contributed by atoms with E-state index in [-0.39, 0.29) is 18.0 Å². The lowest BCUT2D eigenvalue weighted by atomic mass is 9.91. The maximum atomic E-state index is 13.9. The minimum absolute atomic E-state index is 0.191. The van der Waals surface area contributed by atoms with E-state index in [2.05, 4.69) is 0 Å². The van der Waals surface area contributed by atoms with Crippen molar-refractivity contribution in [2.75, 3.05) is 13.7 Å². The van der Waals surface area contributed by atoms with Crippen LogP contribution in [0.3, 0.4) is 0 Å². The summed E-state index contributed by atoms with van der Waals surface area (Å²) in [6.45, 7) is 0.191. The molecule has 2 aromatic rings. The van der Waals surface area contributed by atoms with E-state index in [1.54, 1.807) is 25.3 Å². The number of halogens is 3. The Morgan fingerprint density at radius 2 is 1.95 bits per heavy atom. The van der Waals surface area contributed by atoms with Gasteiger partial charge in [0.05, 0.1) is 7.11 Å². The van der Waals surface area contributed by atoms with Gasteiger partial charge >= 0.3 is 0 Å². The summed E-state index contributed by atoms with van der Waals surface area (Å²) in [6, 6.07) is 8.59. The minimum Gasteiger partial charge on any atom is -0.496 e. The number of rotatable bonds is 5. The van der Waals surface area contributed by atoms with Crippen LogP contribution in [0, 0.1) is 11.6 Å². The second-order valence-electron chi connectivity index (χ2n) is 4.76. The Balaban J connectivity index is 2.35. The van der Waals surface area contributed by atoms with Crippen LogP contribution in [0.25, 0.3) is 0 Å². The maximum Gasteiger partial charge on any atom is 0.126 e. The lowest BCUT2D eigenvalue weighted by molar-refractivity contribution is 0.407. The van der Waals surface area contributed by atoms with Crippen molar-refractivity contribution in [3.8, 4) is 5.75 Å². The molecule has 0 aliphatic carbocycles. The number of hydrogen-bond acceptors (Lipinski definition) is 2. The summed E-state index contributed by atoms with van der Waals surface area (Å²) in [5.74, 6) is -0.654. The van der Waals surface area contributed by atoms with Gasteiger partial charge in [-0.15, -0.1) is 0 Å². The zero-order valence-electron chi connectivity index (χ0n) is 11.6. The van der Waals surface area contributed by atoms with E-state index in [4.69, 9.17) is 22.1 Å². The Morgan fingerprint density at radius 3 is 2.62 bits per heavy atom. The summed E-state index contributed by atoms with van der Waals surface area (Å²) in [4.78, 5) is 0. The molecule has 0 bridgehead atoms. The van der Waals surface area contributed by atoms with E-state index in [9.17, 15) is 8.78 Å². The van der Waals surface area contributed by atoms with Crippen molar-refractivity contribution < 1.29 is 13.5 Å². The molecular formula is C16H16ClF2NO. The van der Waals surface area contributed by atoms with Crippen LogP contribution in [0.5, 0.6) is 5.75 Å². The molecule has 112 valence electrons. The zero-order valence-corrected chi connectivity index (χ0v) is 12.3. The third-order valence-corrected chi connectivity index (χ3v) is 3.63. The fraction of sp³-hybridized carbons (Fsp3) is 0.250. The highest BCUT2D eigenvalue weighted by molar-refractivity contribution is 6.30. The third-order valence-electron chi connectivity index (χ3n) is 3.39. The Kier molecular flexibility index (Phi) is 5.15. The van der Waals surface area contributed by atoms with E-state index >= 15 is 0 Å². The quantitative estimate of drug-likeness (QED) is 0.908. The first kappa shape index (κ1) is 15.7. The van der Waals surface area contributed by atoms with Gasteiger partial charge in [0.25, 0.3) is 0 Å². The average molecular weight is 312 g/mol. The molecule has 1 unspecified atom stereocenters. The van der Waals surface area contributed by atoms with Gasteiger partial charge < -0.3 is 10.5 Å². The number of methoxy groups -OCH3 is 1. The predicted octanol–water partition coefficient (Wildman–Crippen LogP) is 3.91. The molecule has 2 N–H and O–H groups in total. The molecule has 0 radical (unpaired) electrons. The topological polar surface area (TPSA) is 35.2 Å². The largest absolute Gasteiger partial charge is 0.496 e. The van der Waals surface area contributed by atoms with Gasteiger partial charge in [-0.05, 0) is 60.5 Å². The van der Waals surface area contributed by atoms with Crippen molar-refractivity contribution in [1.82, 2.24) is 0 Å². The summed E-state index contributed by atoms with van der Waals surface area (Å²) in [6.07, 6.45) is 0.417. The molecule has 0 aliphatic rings. The predicted molar refractivity (Wildman–Crippen MR) is 79.9 cm³/mol. The van der Waals surface area contributed by atoms with E-state index in [1.165, 1.54) is 6.07 Å². The first-order valence-corrected chi connectivity index (χ1v) is 6.90. The highest BCUT2D eigenvalue weighted by Crippen LogP contribution is 2.29. The molecule has 0 heterocycles. The molecule has 2 aromatic carbocycles. The van der Waals surface area contributed by atoms with Gasteiger partial charge in [-0.3, -0.25) is 0 Å². The van der Waals surface area contributed by atoms with Gasteiger partial charge in [-0.1, -0.05) is 11.6 Å². The summed E-state index contributed by atoms with van der Waals surface area (Å²) in [5, 5.41) is 0.557. The van der Waals surface area contributed by atoms with Crippen LogP contribution in [0.15, 0.2) is 36.4 Å². The van der Waals surface area contributed by atoms with Crippen LogP contribution in [0.1, 0.15) is 17.0 Å². The smallest absolute Gasteiger partial charge is 0.126 e. The lowest BCUT2D eigenvalue weighted by Crippen LogP contribution is -2.17. The SMILES string of the molecule is COc1ccc(Cl)cc1CC(CN)c1cc(F)ccc1F. The van der Waals surface area contributed by atoms with Crippen molar-refractivity contribution in [2.24, 2.45) is 5.73 Å². The molecular weight excluding hydrogens is 296 g/mol. The van der Waals surface area contributed by atoms with Crippen molar-refractivity contribution in [1.29, 1.82) is 0 Å². The molecule has 5 heteroatoms. The number of hydrogen-bond donors (Lipinski definition) is 1. The summed E-state index contributed by atoms with van der Waals surface area (Å²) in [7, 11) is 1.55. The highest BCUT2D eigenvalue weighted by Gasteiger charge is 2.18. The second kappa shape index (κ2) is 6.87. The van der Waals surface area contributed by atoms with Gasteiger partial charge in [0.15, 0.2) is 0 Å². The van der Waals surface area contributed by atoms with Crippen LogP contribution < -0.4 is 10.5 Å². The average Bonchev–Trinajstić information content (AvgIpc) is 2.47. The summed E-state index contributed by atoms with van der Waals surface area (Å²) < 4.78 is 32.5. The van der Waals surface area contributed by atoms with E-state index in [1.807, 2.05) is 0 Å². The molecule has 1 atom stereocenters. The zero-order chi connectivity index (χ0) is 15.4. The molecule has 0 aliphatic heterocycles. The van der Waals surface area contributed by atoms with Crippen LogP contribution in [-0.4, -0.2) is 13.7 Å². The Bertz CT molecular complexity index is 634. The van der Waals surface area contributed by atoms with E-state index in [0.717, 1.165) is 17.7 Å². The summed E-state index contributed by atoms with van der Waals surface area (Å²) in [5.41, 5.74) is 6.81. The Hall–Kier alpha value is -1.65. The van der Waals surface area contributed by atoms with Crippen LogP contribution in [-0.2, 0) is 6.42 Å². The Labute approximate surface area is 127 Å². The molecule has 0 saturated carbocycles. The number of benzene rings is 2. The molecule has 0 amide bonds. The molecule has 0 spiro atoms. The monoisotopic (exact) mass is 311 g/mol.